The van der Waals surface area contributed by atoms with Crippen LogP contribution in [0.1, 0.15) is 11.7 Å². The van der Waals surface area contributed by atoms with Crippen LogP contribution in [0.25, 0.3) is 11.0 Å². The Morgan fingerprint density at radius 3 is 2.46 bits per heavy atom. The smallest absolute Gasteiger partial charge is 0.196 e. The highest BCUT2D eigenvalue weighted by Crippen LogP contribution is 2.43. The van der Waals surface area contributed by atoms with Crippen LogP contribution in [0.3, 0.4) is 0 Å². The molecule has 5 atom stereocenters. The summed E-state index contributed by atoms with van der Waals surface area (Å²) < 4.78 is 10.4. The van der Waals surface area contributed by atoms with E-state index in [0.717, 1.165) is 18.4 Å². The molecule has 9 nitrogen and oxygen atoms in total. The standard InChI is InChI=1S/C15H16O9/c16-4-8-11(19)13(21)14(22)15(24-8)10-6(18)3-7-9(12(10)20)5(17)1-2-23-7/h1-3,8,11,13-16,18-22H,4H2/t8-,11+,13-,14-,15+/m0/s1. The lowest BCUT2D eigenvalue weighted by molar-refractivity contribution is -0.232. The molecule has 1 aliphatic heterocycles. The van der Waals surface area contributed by atoms with E-state index in [9.17, 15) is 35.4 Å². The van der Waals surface area contributed by atoms with Gasteiger partial charge in [0.15, 0.2) is 5.43 Å². The predicted octanol–water partition coefficient (Wildman–Crippen LogP) is -1.28. The van der Waals surface area contributed by atoms with Crippen LogP contribution in [0.15, 0.2) is 27.6 Å². The van der Waals surface area contributed by atoms with Crippen molar-refractivity contribution in [2.45, 2.75) is 30.5 Å². The summed E-state index contributed by atoms with van der Waals surface area (Å²) in [6, 6.07) is 2.13. The number of aromatic hydroxyl groups is 2. The van der Waals surface area contributed by atoms with Gasteiger partial charge in [-0.25, -0.2) is 0 Å². The zero-order valence-electron chi connectivity index (χ0n) is 12.2. The third-order valence-electron chi connectivity index (χ3n) is 4.12. The second kappa shape index (κ2) is 6.04. The number of phenolic OH excluding ortho intramolecular Hbond substituents is 2. The summed E-state index contributed by atoms with van der Waals surface area (Å²) in [5.41, 5.74) is -1.01. The topological polar surface area (TPSA) is 161 Å². The normalized spacial score (nSPS) is 30.6. The van der Waals surface area contributed by atoms with Crippen LogP contribution in [0.4, 0.5) is 0 Å². The van der Waals surface area contributed by atoms with Crippen molar-refractivity contribution < 1.29 is 39.8 Å². The van der Waals surface area contributed by atoms with Crippen LogP contribution in [-0.4, -0.2) is 61.7 Å². The minimum Gasteiger partial charge on any atom is -0.507 e. The van der Waals surface area contributed by atoms with Gasteiger partial charge in [-0.05, 0) is 0 Å². The monoisotopic (exact) mass is 340 g/mol. The molecule has 3 rings (SSSR count). The maximum absolute atomic E-state index is 11.9. The maximum atomic E-state index is 11.9. The molecule has 0 bridgehead atoms. The first-order valence-corrected chi connectivity index (χ1v) is 7.13. The molecule has 1 fully saturated rings. The van der Waals surface area contributed by atoms with Gasteiger partial charge in [-0.2, -0.15) is 0 Å². The SMILES string of the molecule is O=c1ccoc2cc(O)c([C@H]3O[C@@H](CO)[C@@H](O)[C@H](O)[C@@H]3O)c(O)c12. The van der Waals surface area contributed by atoms with Gasteiger partial charge in [0.05, 0.1) is 18.4 Å². The average molecular weight is 340 g/mol. The van der Waals surface area contributed by atoms with Crippen LogP contribution in [0, 0.1) is 0 Å². The lowest BCUT2D eigenvalue weighted by atomic mass is 9.89. The van der Waals surface area contributed by atoms with Crippen LogP contribution < -0.4 is 5.43 Å². The van der Waals surface area contributed by atoms with Crippen molar-refractivity contribution in [1.29, 1.82) is 0 Å². The summed E-state index contributed by atoms with van der Waals surface area (Å²) >= 11 is 0. The zero-order chi connectivity index (χ0) is 17.6. The molecule has 1 aromatic carbocycles. The van der Waals surface area contributed by atoms with E-state index in [1.807, 2.05) is 0 Å². The molecule has 6 N–H and O–H groups in total. The fraction of sp³-hybridized carbons (Fsp3) is 0.400. The highest BCUT2D eigenvalue weighted by Gasteiger charge is 2.46. The van der Waals surface area contributed by atoms with Gasteiger partial charge < -0.3 is 39.8 Å². The molecule has 0 spiro atoms. The van der Waals surface area contributed by atoms with Crippen molar-refractivity contribution in [1.82, 2.24) is 0 Å². The first-order chi connectivity index (χ1) is 11.4. The van der Waals surface area contributed by atoms with Crippen LogP contribution in [0.5, 0.6) is 11.5 Å². The van der Waals surface area contributed by atoms with Crippen molar-refractivity contribution in [3.8, 4) is 11.5 Å². The Labute approximate surface area is 134 Å². The second-order valence-corrected chi connectivity index (χ2v) is 5.57. The summed E-state index contributed by atoms with van der Waals surface area (Å²) in [5.74, 6) is -1.22. The highest BCUT2D eigenvalue weighted by atomic mass is 16.5. The van der Waals surface area contributed by atoms with Crippen LogP contribution >= 0.6 is 0 Å². The van der Waals surface area contributed by atoms with Crippen molar-refractivity contribution in [2.75, 3.05) is 6.61 Å². The number of fused-ring (bicyclic) bond motifs is 1. The van der Waals surface area contributed by atoms with Gasteiger partial charge in [0, 0.05) is 12.1 Å². The summed E-state index contributed by atoms with van der Waals surface area (Å²) in [4.78, 5) is 11.9. The van der Waals surface area contributed by atoms with Crippen LogP contribution in [0.2, 0.25) is 0 Å². The number of rotatable bonds is 2. The van der Waals surface area contributed by atoms with E-state index in [1.165, 1.54) is 0 Å². The van der Waals surface area contributed by atoms with Crippen molar-refractivity contribution in [2.24, 2.45) is 0 Å². The zero-order valence-corrected chi connectivity index (χ0v) is 12.2. The minimum absolute atomic E-state index is 0.0779. The molecule has 0 aliphatic carbocycles. The third-order valence-corrected chi connectivity index (χ3v) is 4.12. The minimum atomic E-state index is -1.71. The quantitative estimate of drug-likeness (QED) is 0.391. The molecule has 1 saturated heterocycles. The Morgan fingerprint density at radius 2 is 1.79 bits per heavy atom. The first-order valence-electron chi connectivity index (χ1n) is 7.13. The van der Waals surface area contributed by atoms with E-state index in [1.54, 1.807) is 0 Å². The van der Waals surface area contributed by atoms with E-state index in [-0.39, 0.29) is 16.5 Å². The molecular formula is C15H16O9. The summed E-state index contributed by atoms with van der Waals surface area (Å²) in [6.07, 6.45) is -6.61. The highest BCUT2D eigenvalue weighted by molar-refractivity contribution is 5.86. The van der Waals surface area contributed by atoms with Gasteiger partial charge in [-0.1, -0.05) is 0 Å². The van der Waals surface area contributed by atoms with E-state index >= 15 is 0 Å². The van der Waals surface area contributed by atoms with E-state index in [4.69, 9.17) is 9.15 Å². The number of aliphatic hydroxyl groups excluding tert-OH is 4. The molecule has 24 heavy (non-hydrogen) atoms. The van der Waals surface area contributed by atoms with Gasteiger partial charge in [-0.15, -0.1) is 0 Å². The number of aliphatic hydroxyl groups is 4. The Kier molecular flexibility index (Phi) is 4.20. The number of ether oxygens (including phenoxy) is 1. The Hall–Kier alpha value is -2.17. The molecule has 9 heteroatoms. The Balaban J connectivity index is 2.18. The summed E-state index contributed by atoms with van der Waals surface area (Å²) in [7, 11) is 0. The summed E-state index contributed by atoms with van der Waals surface area (Å²) in [5, 5.41) is 59.3. The van der Waals surface area contributed by atoms with Crippen molar-refractivity contribution >= 4 is 11.0 Å². The van der Waals surface area contributed by atoms with Crippen molar-refractivity contribution in [3.63, 3.8) is 0 Å². The van der Waals surface area contributed by atoms with Gasteiger partial charge in [0.25, 0.3) is 0 Å². The molecule has 0 radical (unpaired) electrons. The molecule has 0 saturated carbocycles. The first kappa shape index (κ1) is 16.7. The van der Waals surface area contributed by atoms with Gasteiger partial charge in [0.1, 0.15) is 53.0 Å². The molecule has 0 amide bonds. The Morgan fingerprint density at radius 1 is 1.08 bits per heavy atom. The lowest BCUT2D eigenvalue weighted by Crippen LogP contribution is -2.55. The molecule has 0 unspecified atom stereocenters. The second-order valence-electron chi connectivity index (χ2n) is 5.57. The van der Waals surface area contributed by atoms with Gasteiger partial charge in [0.2, 0.25) is 0 Å². The maximum Gasteiger partial charge on any atom is 0.196 e. The predicted molar refractivity (Wildman–Crippen MR) is 78.5 cm³/mol. The van der Waals surface area contributed by atoms with Gasteiger partial charge >= 0.3 is 0 Å². The van der Waals surface area contributed by atoms with Crippen molar-refractivity contribution in [3.05, 3.63) is 34.2 Å². The van der Waals surface area contributed by atoms with E-state index in [2.05, 4.69) is 0 Å². The summed E-state index contributed by atoms with van der Waals surface area (Å²) in [6.45, 7) is -0.668. The molecule has 2 aromatic rings. The number of hydrogen-bond donors (Lipinski definition) is 6. The molecule has 1 aliphatic rings. The van der Waals surface area contributed by atoms with E-state index in [0.29, 0.717) is 0 Å². The largest absolute Gasteiger partial charge is 0.507 e. The fourth-order valence-corrected chi connectivity index (χ4v) is 2.85. The van der Waals surface area contributed by atoms with Gasteiger partial charge in [-0.3, -0.25) is 4.79 Å². The third kappa shape index (κ3) is 2.43. The lowest BCUT2D eigenvalue weighted by Gasteiger charge is -2.40. The number of phenols is 2. The molecule has 130 valence electrons. The van der Waals surface area contributed by atoms with E-state index < -0.39 is 54.1 Å². The molecule has 1 aromatic heterocycles. The number of hydrogen-bond acceptors (Lipinski definition) is 9. The Bertz CT molecular complexity index is 812. The molecular weight excluding hydrogens is 324 g/mol. The van der Waals surface area contributed by atoms with Crippen LogP contribution in [-0.2, 0) is 4.74 Å². The number of benzene rings is 1. The molecule has 2 heterocycles. The average Bonchev–Trinajstić information content (AvgIpc) is 2.54. The fourth-order valence-electron chi connectivity index (χ4n) is 2.85.